The maximum absolute atomic E-state index is 4.42. The van der Waals surface area contributed by atoms with Gasteiger partial charge in [0.2, 0.25) is 0 Å². The maximum Gasteiger partial charge on any atom is 0.137 e. The molecular weight excluding hydrogens is 337 g/mol. The Hall–Kier alpha value is -0.910. The highest BCUT2D eigenvalue weighted by molar-refractivity contribution is 14.1. The lowest BCUT2D eigenvalue weighted by Gasteiger charge is -2.23. The van der Waals surface area contributed by atoms with Crippen molar-refractivity contribution in [1.82, 2.24) is 9.97 Å². The first kappa shape index (κ1) is 12.1. The summed E-state index contributed by atoms with van der Waals surface area (Å²) in [6.07, 6.45) is 8.21. The van der Waals surface area contributed by atoms with E-state index in [2.05, 4.69) is 56.1 Å². The van der Waals surface area contributed by atoms with Gasteiger partial charge < -0.3 is 5.32 Å². The van der Waals surface area contributed by atoms with Crippen LogP contribution in [0.5, 0.6) is 0 Å². The van der Waals surface area contributed by atoms with E-state index < -0.39 is 0 Å². The van der Waals surface area contributed by atoms with Gasteiger partial charge in [-0.3, -0.25) is 0 Å². The molecule has 3 rings (SSSR count). The minimum atomic E-state index is 0.578. The molecule has 3 nitrogen and oxygen atoms in total. The fourth-order valence-corrected chi connectivity index (χ4v) is 3.08. The highest BCUT2D eigenvalue weighted by Gasteiger charge is 2.14. The number of hydrogen-bond donors (Lipinski definition) is 1. The predicted molar refractivity (Wildman–Crippen MR) is 82.8 cm³/mol. The van der Waals surface area contributed by atoms with Crippen molar-refractivity contribution in [3.8, 4) is 0 Å². The van der Waals surface area contributed by atoms with Gasteiger partial charge in [-0.25, -0.2) is 9.97 Å². The average molecular weight is 353 g/mol. The highest BCUT2D eigenvalue weighted by atomic mass is 127. The molecule has 1 N–H and O–H groups in total. The summed E-state index contributed by atoms with van der Waals surface area (Å²) in [6.45, 7) is 0. The Balaban J connectivity index is 1.92. The van der Waals surface area contributed by atoms with Crippen molar-refractivity contribution in [2.45, 2.75) is 38.1 Å². The Kier molecular flexibility index (Phi) is 3.63. The molecule has 94 valence electrons. The monoisotopic (exact) mass is 353 g/mol. The third kappa shape index (κ3) is 2.58. The SMILES string of the molecule is Ic1ccc2ncnc(NC3CCCCC3)c2c1. The number of rotatable bonds is 2. The molecule has 1 aromatic heterocycles. The van der Waals surface area contributed by atoms with Crippen molar-refractivity contribution >= 4 is 39.3 Å². The lowest BCUT2D eigenvalue weighted by Crippen LogP contribution is -2.23. The van der Waals surface area contributed by atoms with Crippen molar-refractivity contribution in [1.29, 1.82) is 0 Å². The normalized spacial score (nSPS) is 16.9. The van der Waals surface area contributed by atoms with Gasteiger partial charge in [0.15, 0.2) is 0 Å². The van der Waals surface area contributed by atoms with E-state index in [1.54, 1.807) is 6.33 Å². The molecule has 1 saturated carbocycles. The lowest BCUT2D eigenvalue weighted by molar-refractivity contribution is 0.462. The zero-order valence-corrected chi connectivity index (χ0v) is 12.4. The number of fused-ring (bicyclic) bond motifs is 1. The van der Waals surface area contributed by atoms with Gasteiger partial charge in [0.1, 0.15) is 12.1 Å². The van der Waals surface area contributed by atoms with Gasteiger partial charge in [0, 0.05) is 15.0 Å². The second kappa shape index (κ2) is 5.38. The average Bonchev–Trinajstić information content (AvgIpc) is 2.41. The van der Waals surface area contributed by atoms with Crippen LogP contribution in [0.2, 0.25) is 0 Å². The molecule has 2 aromatic rings. The predicted octanol–water partition coefficient (Wildman–Crippen LogP) is 3.98. The topological polar surface area (TPSA) is 37.8 Å². The van der Waals surface area contributed by atoms with Crippen LogP contribution in [0.15, 0.2) is 24.5 Å². The molecular formula is C14H16IN3. The van der Waals surface area contributed by atoms with E-state index in [1.165, 1.54) is 35.7 Å². The van der Waals surface area contributed by atoms with Crippen LogP contribution < -0.4 is 5.32 Å². The smallest absolute Gasteiger partial charge is 0.137 e. The number of hydrogen-bond acceptors (Lipinski definition) is 3. The number of aromatic nitrogens is 2. The fourth-order valence-electron chi connectivity index (χ4n) is 2.58. The molecule has 0 spiro atoms. The van der Waals surface area contributed by atoms with Crippen LogP contribution in [0.1, 0.15) is 32.1 Å². The highest BCUT2D eigenvalue weighted by Crippen LogP contribution is 2.25. The Bertz CT molecular complexity index is 550. The summed E-state index contributed by atoms with van der Waals surface area (Å²) < 4.78 is 1.22. The second-order valence-electron chi connectivity index (χ2n) is 4.86. The van der Waals surface area contributed by atoms with Gasteiger partial charge in [0.25, 0.3) is 0 Å². The molecule has 0 amide bonds. The van der Waals surface area contributed by atoms with E-state index in [9.17, 15) is 0 Å². The minimum Gasteiger partial charge on any atom is -0.367 e. The van der Waals surface area contributed by atoms with E-state index in [1.807, 2.05) is 0 Å². The molecule has 1 fully saturated rings. The number of benzene rings is 1. The third-order valence-electron chi connectivity index (χ3n) is 3.54. The summed E-state index contributed by atoms with van der Waals surface area (Å²) in [5, 5.41) is 4.73. The molecule has 0 atom stereocenters. The Labute approximate surface area is 121 Å². The molecule has 0 radical (unpaired) electrons. The zero-order chi connectivity index (χ0) is 12.4. The Morgan fingerprint density at radius 3 is 2.78 bits per heavy atom. The Morgan fingerprint density at radius 1 is 1.11 bits per heavy atom. The van der Waals surface area contributed by atoms with Crippen molar-refractivity contribution in [2.75, 3.05) is 5.32 Å². The van der Waals surface area contributed by atoms with E-state index in [0.29, 0.717) is 6.04 Å². The van der Waals surface area contributed by atoms with Crippen molar-refractivity contribution in [3.63, 3.8) is 0 Å². The van der Waals surface area contributed by atoms with Crippen LogP contribution in [0, 0.1) is 3.57 Å². The van der Waals surface area contributed by atoms with Crippen LogP contribution in [0.3, 0.4) is 0 Å². The van der Waals surface area contributed by atoms with E-state index in [0.717, 1.165) is 16.7 Å². The molecule has 0 aliphatic heterocycles. The summed E-state index contributed by atoms with van der Waals surface area (Å²) in [6, 6.07) is 6.88. The summed E-state index contributed by atoms with van der Waals surface area (Å²) in [4.78, 5) is 8.74. The van der Waals surface area contributed by atoms with Crippen LogP contribution >= 0.6 is 22.6 Å². The van der Waals surface area contributed by atoms with Gasteiger partial charge in [-0.05, 0) is 53.6 Å². The molecule has 1 aliphatic carbocycles. The summed E-state index contributed by atoms with van der Waals surface area (Å²) in [5.41, 5.74) is 1.02. The molecule has 0 unspecified atom stereocenters. The second-order valence-corrected chi connectivity index (χ2v) is 6.11. The van der Waals surface area contributed by atoms with Crippen LogP contribution in [-0.2, 0) is 0 Å². The standard InChI is InChI=1S/C14H16IN3/c15-10-6-7-13-12(8-10)14(17-9-16-13)18-11-4-2-1-3-5-11/h6-9,11H,1-5H2,(H,16,17,18). The number of nitrogens with zero attached hydrogens (tertiary/aromatic N) is 2. The van der Waals surface area contributed by atoms with E-state index in [-0.39, 0.29) is 0 Å². The molecule has 1 aliphatic rings. The maximum atomic E-state index is 4.42. The summed E-state index contributed by atoms with van der Waals surface area (Å²) >= 11 is 2.33. The Morgan fingerprint density at radius 2 is 1.94 bits per heavy atom. The van der Waals surface area contributed by atoms with Crippen molar-refractivity contribution in [3.05, 3.63) is 28.1 Å². The number of nitrogens with one attached hydrogen (secondary N) is 1. The van der Waals surface area contributed by atoms with E-state index >= 15 is 0 Å². The zero-order valence-electron chi connectivity index (χ0n) is 10.2. The largest absolute Gasteiger partial charge is 0.367 e. The fraction of sp³-hybridized carbons (Fsp3) is 0.429. The quantitative estimate of drug-likeness (QED) is 0.830. The number of halogens is 1. The van der Waals surface area contributed by atoms with Gasteiger partial charge in [-0.2, -0.15) is 0 Å². The van der Waals surface area contributed by atoms with Gasteiger partial charge >= 0.3 is 0 Å². The first-order valence-corrected chi connectivity index (χ1v) is 7.57. The molecule has 1 aromatic carbocycles. The van der Waals surface area contributed by atoms with Crippen LogP contribution in [0.25, 0.3) is 10.9 Å². The molecule has 4 heteroatoms. The van der Waals surface area contributed by atoms with Gasteiger partial charge in [-0.1, -0.05) is 19.3 Å². The van der Waals surface area contributed by atoms with Gasteiger partial charge in [-0.15, -0.1) is 0 Å². The van der Waals surface area contributed by atoms with Crippen LogP contribution in [0.4, 0.5) is 5.82 Å². The van der Waals surface area contributed by atoms with Gasteiger partial charge in [0.05, 0.1) is 5.52 Å². The first-order valence-electron chi connectivity index (χ1n) is 6.50. The molecule has 0 bridgehead atoms. The van der Waals surface area contributed by atoms with E-state index in [4.69, 9.17) is 0 Å². The molecule has 1 heterocycles. The minimum absolute atomic E-state index is 0.578. The lowest BCUT2D eigenvalue weighted by atomic mass is 9.95. The van der Waals surface area contributed by atoms with Crippen molar-refractivity contribution in [2.24, 2.45) is 0 Å². The molecule has 0 saturated heterocycles. The van der Waals surface area contributed by atoms with Crippen LogP contribution in [-0.4, -0.2) is 16.0 Å². The summed E-state index contributed by atoms with van der Waals surface area (Å²) in [5.74, 6) is 0.991. The third-order valence-corrected chi connectivity index (χ3v) is 4.21. The van der Waals surface area contributed by atoms with Crippen molar-refractivity contribution < 1.29 is 0 Å². The molecule has 18 heavy (non-hydrogen) atoms. The summed E-state index contributed by atoms with van der Waals surface area (Å²) in [7, 11) is 0. The first-order chi connectivity index (χ1) is 8.83. The number of anilines is 1.